The predicted octanol–water partition coefficient (Wildman–Crippen LogP) is 3.87. The van der Waals surface area contributed by atoms with E-state index in [0.717, 1.165) is 50.0 Å². The number of carbonyl (C=O) groups excluding carboxylic acids is 1. The van der Waals surface area contributed by atoms with Crippen LogP contribution in [0.3, 0.4) is 0 Å². The Hall–Kier alpha value is -2.90. The van der Waals surface area contributed by atoms with E-state index in [0.29, 0.717) is 5.95 Å². The number of hydrogen-bond donors (Lipinski definition) is 2. The van der Waals surface area contributed by atoms with Gasteiger partial charge in [0.25, 0.3) is 0 Å². The number of halogens is 1. The maximum absolute atomic E-state index is 14.3. The van der Waals surface area contributed by atoms with E-state index in [2.05, 4.69) is 10.2 Å². The summed E-state index contributed by atoms with van der Waals surface area (Å²) in [5.41, 5.74) is 8.29. The molecule has 0 spiro atoms. The topological polar surface area (TPSA) is 87.4 Å². The molecule has 4 rings (SSSR count). The van der Waals surface area contributed by atoms with Crippen molar-refractivity contribution in [2.75, 3.05) is 29.2 Å². The molecule has 8 heteroatoms. The minimum Gasteiger partial charge on any atom is -0.362 e. The van der Waals surface area contributed by atoms with Gasteiger partial charge in [0, 0.05) is 31.7 Å². The number of amides is 2. The van der Waals surface area contributed by atoms with Gasteiger partial charge in [0.05, 0.1) is 11.4 Å². The molecule has 0 atom stereocenters. The highest BCUT2D eigenvalue weighted by atomic mass is 19.1. The molecule has 7 nitrogen and oxygen atoms in total. The third-order valence-corrected chi connectivity index (χ3v) is 6.33. The quantitative estimate of drug-likeness (QED) is 0.758. The third kappa shape index (κ3) is 4.57. The second-order valence-electron chi connectivity index (χ2n) is 8.71. The summed E-state index contributed by atoms with van der Waals surface area (Å²) in [6, 6.07) is 5.77. The first-order valence-electron chi connectivity index (χ1n) is 11.1. The summed E-state index contributed by atoms with van der Waals surface area (Å²) < 4.78 is 14.3. The van der Waals surface area contributed by atoms with Crippen LogP contribution in [-0.4, -0.2) is 42.2 Å². The van der Waals surface area contributed by atoms with Gasteiger partial charge in [0.1, 0.15) is 11.6 Å². The largest absolute Gasteiger partial charge is 0.362 e. The number of rotatable bonds is 5. The van der Waals surface area contributed by atoms with Gasteiger partial charge in [-0.25, -0.2) is 14.2 Å². The third-order valence-electron chi connectivity index (χ3n) is 6.33. The Labute approximate surface area is 182 Å². The van der Waals surface area contributed by atoms with Crippen molar-refractivity contribution in [2.24, 2.45) is 5.73 Å². The smallest absolute Gasteiger partial charge is 0.319 e. The molecule has 0 radical (unpaired) electrons. The van der Waals surface area contributed by atoms with E-state index < -0.39 is 11.8 Å². The summed E-state index contributed by atoms with van der Waals surface area (Å²) in [6.45, 7) is 0. The highest BCUT2D eigenvalue weighted by Gasteiger charge is 2.31. The average Bonchev–Trinajstić information content (AvgIpc) is 2.75. The van der Waals surface area contributed by atoms with Crippen LogP contribution in [0.15, 0.2) is 24.3 Å². The molecule has 2 aliphatic carbocycles. The van der Waals surface area contributed by atoms with Crippen LogP contribution in [0.25, 0.3) is 0 Å². The molecule has 1 heterocycles. The number of anilines is 3. The van der Waals surface area contributed by atoms with Gasteiger partial charge in [0.15, 0.2) is 0 Å². The molecule has 2 aromatic rings. The molecule has 0 saturated heterocycles. The molecular weight excluding hydrogens is 395 g/mol. The van der Waals surface area contributed by atoms with Crippen LogP contribution >= 0.6 is 0 Å². The highest BCUT2D eigenvalue weighted by Crippen LogP contribution is 2.32. The number of fused-ring (bicyclic) bond motifs is 1. The number of urea groups is 1. The Morgan fingerprint density at radius 2 is 1.81 bits per heavy atom. The van der Waals surface area contributed by atoms with Gasteiger partial charge in [-0.15, -0.1) is 0 Å². The van der Waals surface area contributed by atoms with Crippen molar-refractivity contribution >= 4 is 23.5 Å². The molecule has 1 aromatic carbocycles. The van der Waals surface area contributed by atoms with E-state index in [1.165, 1.54) is 29.4 Å². The molecule has 2 amide bonds. The molecule has 1 saturated carbocycles. The number of nitrogens with one attached hydrogen (secondary N) is 1. The van der Waals surface area contributed by atoms with Gasteiger partial charge in [-0.3, -0.25) is 4.90 Å². The number of carbonyl (C=O) groups is 1. The Morgan fingerprint density at radius 3 is 2.48 bits per heavy atom. The van der Waals surface area contributed by atoms with Crippen LogP contribution in [0.1, 0.15) is 49.8 Å². The van der Waals surface area contributed by atoms with Gasteiger partial charge in [-0.1, -0.05) is 12.1 Å². The van der Waals surface area contributed by atoms with Crippen molar-refractivity contribution in [1.29, 1.82) is 0 Å². The van der Waals surface area contributed by atoms with E-state index in [-0.39, 0.29) is 17.8 Å². The monoisotopic (exact) mass is 426 g/mol. The summed E-state index contributed by atoms with van der Waals surface area (Å²) in [7, 11) is 4.04. The minimum atomic E-state index is -0.616. The normalized spacial score (nSPS) is 20.6. The summed E-state index contributed by atoms with van der Waals surface area (Å²) >= 11 is 0. The van der Waals surface area contributed by atoms with E-state index in [4.69, 9.17) is 15.7 Å². The summed E-state index contributed by atoms with van der Waals surface area (Å²) in [5, 5.41) is 3.51. The number of aryl methyl sites for hydroxylation is 1. The lowest BCUT2D eigenvalue weighted by Crippen LogP contribution is -2.47. The lowest BCUT2D eigenvalue weighted by atomic mass is 9.90. The number of aromatic nitrogens is 2. The maximum atomic E-state index is 14.3. The van der Waals surface area contributed by atoms with Crippen molar-refractivity contribution in [3.05, 3.63) is 41.3 Å². The van der Waals surface area contributed by atoms with Gasteiger partial charge >= 0.3 is 6.03 Å². The number of nitrogens with two attached hydrogens (primary N) is 1. The molecular formula is C23H31FN6O. The van der Waals surface area contributed by atoms with Crippen molar-refractivity contribution in [2.45, 2.75) is 63.5 Å². The number of nitrogens with zero attached hydrogens (tertiary/aromatic N) is 4. The van der Waals surface area contributed by atoms with Crippen LogP contribution in [0.4, 0.5) is 26.6 Å². The van der Waals surface area contributed by atoms with Crippen LogP contribution < -0.4 is 20.9 Å². The second kappa shape index (κ2) is 9.08. The Balaban J connectivity index is 1.45. The first-order valence-corrected chi connectivity index (χ1v) is 11.1. The Bertz CT molecular complexity index is 942. The lowest BCUT2D eigenvalue weighted by molar-refractivity contribution is 0.248. The zero-order valence-corrected chi connectivity index (χ0v) is 18.3. The summed E-state index contributed by atoms with van der Waals surface area (Å²) in [4.78, 5) is 25.2. The average molecular weight is 427 g/mol. The van der Waals surface area contributed by atoms with Crippen LogP contribution in [0.5, 0.6) is 0 Å². The van der Waals surface area contributed by atoms with Gasteiger partial charge in [-0.2, -0.15) is 4.98 Å². The number of primary amides is 1. The summed E-state index contributed by atoms with van der Waals surface area (Å²) in [6.07, 6.45) is 7.53. The number of benzene rings is 1. The highest BCUT2D eigenvalue weighted by molar-refractivity contribution is 5.91. The van der Waals surface area contributed by atoms with Gasteiger partial charge < -0.3 is 16.0 Å². The molecule has 166 valence electrons. The van der Waals surface area contributed by atoms with Crippen LogP contribution in [0.2, 0.25) is 0 Å². The fourth-order valence-electron chi connectivity index (χ4n) is 4.81. The molecule has 0 unspecified atom stereocenters. The molecule has 1 fully saturated rings. The van der Waals surface area contributed by atoms with E-state index in [1.54, 1.807) is 18.2 Å². The predicted molar refractivity (Wildman–Crippen MR) is 121 cm³/mol. The zero-order chi connectivity index (χ0) is 22.0. The maximum Gasteiger partial charge on any atom is 0.319 e. The van der Waals surface area contributed by atoms with E-state index in [9.17, 15) is 9.18 Å². The number of para-hydroxylation sites is 1. The fourth-order valence-corrected chi connectivity index (χ4v) is 4.81. The molecule has 2 aliphatic rings. The molecule has 3 N–H and O–H groups in total. The molecule has 1 aromatic heterocycles. The molecule has 0 bridgehead atoms. The first kappa shape index (κ1) is 21.3. The molecule has 0 aliphatic heterocycles. The lowest BCUT2D eigenvalue weighted by Gasteiger charge is -2.36. The first-order chi connectivity index (χ1) is 14.9. The number of hydrogen-bond acceptors (Lipinski definition) is 5. The van der Waals surface area contributed by atoms with Crippen molar-refractivity contribution in [3.8, 4) is 0 Å². The Kier molecular flexibility index (Phi) is 6.25. The summed E-state index contributed by atoms with van der Waals surface area (Å²) in [5.74, 6) is 1.24. The zero-order valence-electron chi connectivity index (χ0n) is 18.3. The van der Waals surface area contributed by atoms with Gasteiger partial charge in [-0.05, 0) is 63.5 Å². The standard InChI is InChI=1S/C23H31FN6O/c1-29(2)21-17-7-3-5-9-19(17)27-23(28-21)26-15-11-13-16(14-12-15)30(22(25)31)20-10-6-4-8-18(20)24/h4,6,8,10,15-16H,3,5,7,9,11-14H2,1-2H3,(H2,25,31)(H,26,27,28). The van der Waals surface area contributed by atoms with Crippen molar-refractivity contribution < 1.29 is 9.18 Å². The molecule has 31 heavy (non-hydrogen) atoms. The van der Waals surface area contributed by atoms with Crippen LogP contribution in [-0.2, 0) is 12.8 Å². The fraction of sp³-hybridized carbons (Fsp3) is 0.522. The Morgan fingerprint density at radius 1 is 1.10 bits per heavy atom. The minimum absolute atomic E-state index is 0.116. The van der Waals surface area contributed by atoms with Crippen molar-refractivity contribution in [1.82, 2.24) is 9.97 Å². The van der Waals surface area contributed by atoms with E-state index >= 15 is 0 Å². The van der Waals surface area contributed by atoms with Gasteiger partial charge in [0.2, 0.25) is 5.95 Å². The second-order valence-corrected chi connectivity index (χ2v) is 8.71. The van der Waals surface area contributed by atoms with Crippen LogP contribution in [0, 0.1) is 5.82 Å². The van der Waals surface area contributed by atoms with Crippen molar-refractivity contribution in [3.63, 3.8) is 0 Å². The SMILES string of the molecule is CN(C)c1nc(NC2CCC(N(C(N)=O)c3ccccc3F)CC2)nc2c1CCCC2. The van der Waals surface area contributed by atoms with E-state index in [1.807, 2.05) is 14.1 Å².